The maximum atomic E-state index is 13.4. The van der Waals surface area contributed by atoms with Gasteiger partial charge in [0.25, 0.3) is 5.91 Å². The van der Waals surface area contributed by atoms with Gasteiger partial charge in [-0.25, -0.2) is 8.42 Å². The molecule has 2 amide bonds. The number of rotatable bonds is 9. The summed E-state index contributed by atoms with van der Waals surface area (Å²) in [7, 11) is -3.67. The van der Waals surface area contributed by atoms with E-state index in [1.165, 1.54) is 10.4 Å². The zero-order valence-corrected chi connectivity index (χ0v) is 21.9. The van der Waals surface area contributed by atoms with E-state index >= 15 is 0 Å². The lowest BCUT2D eigenvalue weighted by Crippen LogP contribution is -2.47. The molecule has 1 N–H and O–H groups in total. The summed E-state index contributed by atoms with van der Waals surface area (Å²) in [6.45, 7) is 11.4. The third kappa shape index (κ3) is 6.10. The minimum atomic E-state index is -3.67. The highest BCUT2D eigenvalue weighted by Gasteiger charge is 2.29. The van der Waals surface area contributed by atoms with Gasteiger partial charge in [0, 0.05) is 57.4 Å². The lowest BCUT2D eigenvalue weighted by Gasteiger charge is -2.33. The second-order valence-electron chi connectivity index (χ2n) is 9.69. The van der Waals surface area contributed by atoms with Crippen molar-refractivity contribution in [2.24, 2.45) is 5.92 Å². The quantitative estimate of drug-likeness (QED) is 0.572. The molecule has 8 nitrogen and oxygen atoms in total. The molecule has 0 saturated carbocycles. The summed E-state index contributed by atoms with van der Waals surface area (Å²) in [6.07, 6.45) is 4.06. The average molecular weight is 493 g/mol. The number of nitrogens with zero attached hydrogens (tertiary/aromatic N) is 3. The van der Waals surface area contributed by atoms with Crippen molar-refractivity contribution in [2.75, 3.05) is 44.2 Å². The first kappa shape index (κ1) is 26.5. The van der Waals surface area contributed by atoms with Gasteiger partial charge >= 0.3 is 0 Å². The van der Waals surface area contributed by atoms with Crippen molar-refractivity contribution in [2.45, 2.75) is 70.7 Å². The van der Waals surface area contributed by atoms with Crippen LogP contribution in [0.3, 0.4) is 0 Å². The Hall–Kier alpha value is -2.13. The van der Waals surface area contributed by atoms with Crippen molar-refractivity contribution in [1.82, 2.24) is 14.5 Å². The fraction of sp³-hybridized carbons (Fsp3) is 0.680. The molecule has 2 heterocycles. The van der Waals surface area contributed by atoms with Gasteiger partial charge in [0.05, 0.1) is 10.5 Å². The van der Waals surface area contributed by atoms with Crippen LogP contribution in [-0.4, -0.2) is 74.7 Å². The molecule has 2 fully saturated rings. The van der Waals surface area contributed by atoms with E-state index in [0.29, 0.717) is 56.9 Å². The van der Waals surface area contributed by atoms with E-state index in [9.17, 15) is 18.0 Å². The summed E-state index contributed by atoms with van der Waals surface area (Å²) in [4.78, 5) is 30.0. The number of piperidine rings is 1. The van der Waals surface area contributed by atoms with Crippen molar-refractivity contribution in [3.8, 4) is 0 Å². The summed E-state index contributed by atoms with van der Waals surface area (Å²) < 4.78 is 27.6. The summed E-state index contributed by atoms with van der Waals surface area (Å²) in [5.41, 5.74) is 1.20. The van der Waals surface area contributed by atoms with Crippen molar-refractivity contribution < 1.29 is 18.0 Å². The predicted molar refractivity (Wildman–Crippen MR) is 135 cm³/mol. The molecule has 0 radical (unpaired) electrons. The van der Waals surface area contributed by atoms with Gasteiger partial charge < -0.3 is 15.1 Å². The average Bonchev–Trinajstić information content (AvgIpc) is 3.34. The molecule has 2 aliphatic rings. The first-order valence-electron chi connectivity index (χ1n) is 12.6. The van der Waals surface area contributed by atoms with Gasteiger partial charge in [0.2, 0.25) is 15.9 Å². The van der Waals surface area contributed by atoms with Crippen LogP contribution in [0.15, 0.2) is 23.1 Å². The number of sulfonamides is 1. The topological polar surface area (TPSA) is 90.0 Å². The molecule has 0 spiro atoms. The maximum Gasteiger partial charge on any atom is 0.253 e. The van der Waals surface area contributed by atoms with E-state index in [-0.39, 0.29) is 22.8 Å². The van der Waals surface area contributed by atoms with Crippen LogP contribution in [-0.2, 0) is 14.8 Å². The van der Waals surface area contributed by atoms with E-state index in [1.807, 2.05) is 32.6 Å². The third-order valence-electron chi connectivity index (χ3n) is 6.77. The van der Waals surface area contributed by atoms with Crippen LogP contribution in [0.25, 0.3) is 0 Å². The van der Waals surface area contributed by atoms with E-state index in [1.54, 1.807) is 12.1 Å². The molecule has 0 unspecified atom stereocenters. The van der Waals surface area contributed by atoms with Gasteiger partial charge in [0.15, 0.2) is 0 Å². The van der Waals surface area contributed by atoms with Crippen LogP contribution in [0.1, 0.15) is 70.2 Å². The van der Waals surface area contributed by atoms with E-state index in [2.05, 4.69) is 10.2 Å². The minimum absolute atomic E-state index is 0.0370. The largest absolute Gasteiger partial charge is 0.371 e. The smallest absolute Gasteiger partial charge is 0.253 e. The fourth-order valence-electron chi connectivity index (χ4n) is 4.82. The highest BCUT2D eigenvalue weighted by atomic mass is 32.2. The molecule has 0 aromatic heterocycles. The summed E-state index contributed by atoms with van der Waals surface area (Å²) in [6, 6.07) is 4.91. The van der Waals surface area contributed by atoms with Gasteiger partial charge in [0.1, 0.15) is 0 Å². The highest BCUT2D eigenvalue weighted by molar-refractivity contribution is 7.89. The van der Waals surface area contributed by atoms with Gasteiger partial charge in [-0.3, -0.25) is 9.59 Å². The number of carbonyl (C=O) groups excluding carboxylic acids is 2. The first-order chi connectivity index (χ1) is 16.2. The van der Waals surface area contributed by atoms with Crippen LogP contribution in [0, 0.1) is 5.92 Å². The second kappa shape index (κ2) is 11.5. The van der Waals surface area contributed by atoms with Gasteiger partial charge in [-0.2, -0.15) is 4.31 Å². The number of nitrogens with one attached hydrogen (secondary N) is 1. The van der Waals surface area contributed by atoms with Crippen molar-refractivity contribution in [3.63, 3.8) is 0 Å². The van der Waals surface area contributed by atoms with Crippen LogP contribution in [0.2, 0.25) is 0 Å². The molecule has 0 bridgehead atoms. The summed E-state index contributed by atoms with van der Waals surface area (Å²) in [5, 5.41) is 3.12. The van der Waals surface area contributed by atoms with Crippen LogP contribution < -0.4 is 10.2 Å². The third-order valence-corrected chi connectivity index (χ3v) is 8.81. The Morgan fingerprint density at radius 1 is 1.06 bits per heavy atom. The number of benzene rings is 1. The Labute approximate surface area is 204 Å². The molecule has 2 saturated heterocycles. The molecule has 0 atom stereocenters. The lowest BCUT2D eigenvalue weighted by atomic mass is 10.0. The fourth-order valence-corrected chi connectivity index (χ4v) is 6.30. The minimum Gasteiger partial charge on any atom is -0.371 e. The lowest BCUT2D eigenvalue weighted by molar-refractivity contribution is -0.133. The number of likely N-dealkylation sites (tertiary alicyclic amines) is 1. The van der Waals surface area contributed by atoms with E-state index < -0.39 is 10.0 Å². The molecule has 1 aromatic carbocycles. The number of hydrogen-bond donors (Lipinski definition) is 1. The molecule has 34 heavy (non-hydrogen) atoms. The second-order valence-corrected chi connectivity index (χ2v) is 11.6. The van der Waals surface area contributed by atoms with Crippen molar-refractivity contribution >= 4 is 27.5 Å². The van der Waals surface area contributed by atoms with Crippen molar-refractivity contribution in [1.29, 1.82) is 0 Å². The Balaban J connectivity index is 1.78. The monoisotopic (exact) mass is 492 g/mol. The van der Waals surface area contributed by atoms with Crippen LogP contribution in [0.5, 0.6) is 0 Å². The summed E-state index contributed by atoms with van der Waals surface area (Å²) in [5.74, 6) is 0.254. The van der Waals surface area contributed by atoms with Gasteiger partial charge in [-0.15, -0.1) is 0 Å². The Bertz CT molecular complexity index is 961. The number of amides is 2. The highest BCUT2D eigenvalue weighted by Crippen LogP contribution is 2.29. The number of hydrogen-bond acceptors (Lipinski definition) is 5. The molecule has 3 rings (SSSR count). The van der Waals surface area contributed by atoms with Crippen molar-refractivity contribution in [3.05, 3.63) is 23.8 Å². The molecule has 9 heteroatoms. The molecular formula is C25H40N4O4S. The molecular weight excluding hydrogens is 452 g/mol. The van der Waals surface area contributed by atoms with E-state index in [4.69, 9.17) is 0 Å². The van der Waals surface area contributed by atoms with Crippen LogP contribution in [0.4, 0.5) is 5.69 Å². The predicted octanol–water partition coefficient (Wildman–Crippen LogP) is 3.08. The Kier molecular flexibility index (Phi) is 8.98. The first-order valence-corrected chi connectivity index (χ1v) is 14.1. The normalized spacial score (nSPS) is 17.6. The Morgan fingerprint density at radius 2 is 1.68 bits per heavy atom. The molecule has 1 aromatic rings. The molecule has 0 aliphatic carbocycles. The standard InChI is InChI=1S/C25H40N4O4S/c1-5-29(6-2)34(32,33)21-9-10-23(27-13-7-8-14-27)22(18-21)25(31)26-20-11-15-28(16-12-20)24(30)17-19(3)4/h9-10,18-20H,5-8,11-17H2,1-4H3,(H,26,31). The zero-order chi connectivity index (χ0) is 24.9. The van der Waals surface area contributed by atoms with Gasteiger partial charge in [-0.1, -0.05) is 27.7 Å². The van der Waals surface area contributed by atoms with Crippen LogP contribution >= 0.6 is 0 Å². The summed E-state index contributed by atoms with van der Waals surface area (Å²) >= 11 is 0. The Morgan fingerprint density at radius 3 is 2.24 bits per heavy atom. The van der Waals surface area contributed by atoms with E-state index in [0.717, 1.165) is 31.6 Å². The number of anilines is 1. The zero-order valence-electron chi connectivity index (χ0n) is 21.0. The van der Waals surface area contributed by atoms with Gasteiger partial charge in [-0.05, 0) is 49.8 Å². The molecule has 2 aliphatic heterocycles. The molecule has 190 valence electrons. The maximum absolute atomic E-state index is 13.4. The number of carbonyl (C=O) groups is 2. The SMILES string of the molecule is CCN(CC)S(=O)(=O)c1ccc(N2CCCC2)c(C(=O)NC2CCN(C(=O)CC(C)C)CC2)c1.